The van der Waals surface area contributed by atoms with E-state index < -0.39 is 43.6 Å². The average Bonchev–Trinajstić information content (AvgIpc) is 2.35. The van der Waals surface area contributed by atoms with E-state index >= 15 is 0 Å². The highest BCUT2D eigenvalue weighted by Crippen LogP contribution is 2.22. The number of nitrogens with zero attached hydrogens (tertiary/aromatic N) is 1. The van der Waals surface area contributed by atoms with E-state index in [0.29, 0.717) is 0 Å². The second kappa shape index (κ2) is 6.16. The number of hydrogen-bond acceptors (Lipinski definition) is 6. The van der Waals surface area contributed by atoms with Crippen molar-refractivity contribution >= 4 is 21.7 Å². The van der Waals surface area contributed by atoms with Gasteiger partial charge in [-0.15, -0.1) is 0 Å². The number of benzene rings is 1. The van der Waals surface area contributed by atoms with Gasteiger partial charge >= 0.3 is 5.97 Å². The zero-order chi connectivity index (χ0) is 16.4. The highest BCUT2D eigenvalue weighted by molar-refractivity contribution is 7.89. The van der Waals surface area contributed by atoms with Gasteiger partial charge in [-0.05, 0) is 19.9 Å². The average molecular weight is 318 g/mol. The summed E-state index contributed by atoms with van der Waals surface area (Å²) >= 11 is 0. The number of carboxylic acids is 1. The number of aliphatic hydroxyl groups is 1. The molecule has 0 bridgehead atoms. The molecular formula is C11H14N2O7S. The number of carboxylic acid groups (broad SMARTS) is 1. The van der Waals surface area contributed by atoms with Crippen molar-refractivity contribution in [2.24, 2.45) is 0 Å². The molecule has 1 aromatic carbocycles. The Morgan fingerprint density at radius 1 is 1.43 bits per heavy atom. The van der Waals surface area contributed by atoms with E-state index in [9.17, 15) is 28.4 Å². The van der Waals surface area contributed by atoms with Gasteiger partial charge in [0.25, 0.3) is 5.69 Å². The number of sulfonamides is 1. The molecule has 0 amide bonds. The molecule has 0 radical (unpaired) electrons. The molecule has 1 rings (SSSR count). The molecule has 0 heterocycles. The van der Waals surface area contributed by atoms with E-state index in [1.165, 1.54) is 13.0 Å². The summed E-state index contributed by atoms with van der Waals surface area (Å²) in [5, 5.41) is 28.9. The normalized spacial score (nSPS) is 14.4. The van der Waals surface area contributed by atoms with Gasteiger partial charge in [0.2, 0.25) is 10.0 Å². The molecule has 10 heteroatoms. The van der Waals surface area contributed by atoms with Crippen LogP contribution < -0.4 is 4.72 Å². The summed E-state index contributed by atoms with van der Waals surface area (Å²) in [7, 11) is -4.32. The number of hydrogen-bond donors (Lipinski definition) is 3. The van der Waals surface area contributed by atoms with Gasteiger partial charge in [0.15, 0.2) is 0 Å². The summed E-state index contributed by atoms with van der Waals surface area (Å²) < 4.78 is 25.9. The topological polar surface area (TPSA) is 147 Å². The van der Waals surface area contributed by atoms with Crippen LogP contribution >= 0.6 is 0 Å². The molecule has 0 unspecified atom stereocenters. The fourth-order valence-corrected chi connectivity index (χ4v) is 2.83. The molecule has 0 spiro atoms. The monoisotopic (exact) mass is 318 g/mol. The molecule has 116 valence electrons. The van der Waals surface area contributed by atoms with Crippen molar-refractivity contribution in [3.8, 4) is 0 Å². The first kappa shape index (κ1) is 17.0. The summed E-state index contributed by atoms with van der Waals surface area (Å²) in [5.74, 6) is -1.56. The van der Waals surface area contributed by atoms with Crippen LogP contribution in [0.4, 0.5) is 5.69 Å². The molecule has 0 aliphatic heterocycles. The van der Waals surface area contributed by atoms with E-state index in [1.807, 2.05) is 0 Å². The first-order valence-electron chi connectivity index (χ1n) is 5.74. The number of carbonyl (C=O) groups is 1. The molecule has 3 N–H and O–H groups in total. The Bertz CT molecular complexity index is 669. The van der Waals surface area contributed by atoms with Crippen LogP contribution in [0.5, 0.6) is 0 Å². The molecule has 0 aliphatic carbocycles. The molecule has 0 fully saturated rings. The molecule has 0 saturated carbocycles. The van der Waals surface area contributed by atoms with Crippen LogP contribution in [0.25, 0.3) is 0 Å². The minimum atomic E-state index is -4.32. The summed E-state index contributed by atoms with van der Waals surface area (Å²) in [5.41, 5.74) is -0.133. The standard InChI is InChI=1S/C11H14N2O7S/c1-6-3-4-8(5-9(6)13(17)18)21(19,20)12-10(7(2)14)11(15)16/h3-5,7,10,12,14H,1-2H3,(H,15,16)/t7-,10+/m1/s1. The quantitative estimate of drug-likeness (QED) is 0.494. The Hall–Kier alpha value is -2.04. The third-order valence-corrected chi connectivity index (χ3v) is 4.16. The van der Waals surface area contributed by atoms with Gasteiger partial charge in [-0.1, -0.05) is 6.07 Å². The van der Waals surface area contributed by atoms with Crippen LogP contribution in [0.15, 0.2) is 23.1 Å². The van der Waals surface area contributed by atoms with Gasteiger partial charge in [0, 0.05) is 11.6 Å². The number of rotatable bonds is 6. The summed E-state index contributed by atoms with van der Waals surface area (Å²) in [6.07, 6.45) is -1.47. The van der Waals surface area contributed by atoms with E-state index in [4.69, 9.17) is 5.11 Å². The molecule has 1 aromatic rings. The van der Waals surface area contributed by atoms with Crippen LogP contribution in [0.3, 0.4) is 0 Å². The van der Waals surface area contributed by atoms with Crippen LogP contribution in [0.1, 0.15) is 12.5 Å². The Balaban J connectivity index is 3.22. The lowest BCUT2D eigenvalue weighted by Gasteiger charge is -2.17. The number of aliphatic carboxylic acids is 1. The summed E-state index contributed by atoms with van der Waals surface area (Å²) in [6, 6.07) is 1.44. The van der Waals surface area contributed by atoms with Crippen molar-refractivity contribution in [2.45, 2.75) is 30.9 Å². The number of nitrogens with one attached hydrogen (secondary N) is 1. The van der Waals surface area contributed by atoms with Crippen molar-refractivity contribution in [1.82, 2.24) is 4.72 Å². The van der Waals surface area contributed by atoms with Crippen LogP contribution in [-0.4, -0.2) is 41.7 Å². The van der Waals surface area contributed by atoms with E-state index in [-0.39, 0.29) is 5.56 Å². The van der Waals surface area contributed by atoms with Gasteiger partial charge in [-0.25, -0.2) is 8.42 Å². The zero-order valence-electron chi connectivity index (χ0n) is 11.2. The lowest BCUT2D eigenvalue weighted by atomic mass is 10.2. The van der Waals surface area contributed by atoms with Gasteiger partial charge in [0.05, 0.1) is 15.9 Å². The number of aliphatic hydroxyl groups excluding tert-OH is 1. The summed E-state index contributed by atoms with van der Waals surface area (Å²) in [6.45, 7) is 2.55. The van der Waals surface area contributed by atoms with Crippen molar-refractivity contribution in [1.29, 1.82) is 0 Å². The Morgan fingerprint density at radius 3 is 2.43 bits per heavy atom. The smallest absolute Gasteiger partial charge is 0.324 e. The van der Waals surface area contributed by atoms with Crippen LogP contribution in [0, 0.1) is 17.0 Å². The first-order valence-corrected chi connectivity index (χ1v) is 7.23. The largest absolute Gasteiger partial charge is 0.480 e. The minimum absolute atomic E-state index is 0.268. The fraction of sp³-hybridized carbons (Fsp3) is 0.364. The lowest BCUT2D eigenvalue weighted by molar-refractivity contribution is -0.385. The maximum absolute atomic E-state index is 12.0. The van der Waals surface area contributed by atoms with Gasteiger partial charge < -0.3 is 10.2 Å². The molecule has 0 aromatic heterocycles. The van der Waals surface area contributed by atoms with Crippen molar-refractivity contribution in [3.05, 3.63) is 33.9 Å². The highest BCUT2D eigenvalue weighted by Gasteiger charge is 2.30. The van der Waals surface area contributed by atoms with Crippen molar-refractivity contribution in [3.63, 3.8) is 0 Å². The third kappa shape index (κ3) is 3.97. The Morgan fingerprint density at radius 2 is 2.00 bits per heavy atom. The lowest BCUT2D eigenvalue weighted by Crippen LogP contribution is -2.47. The number of aryl methyl sites for hydroxylation is 1. The Kier molecular flexibility index (Phi) is 4.99. The fourth-order valence-electron chi connectivity index (χ4n) is 1.54. The predicted octanol–water partition coefficient (Wildman–Crippen LogP) is 0.0155. The van der Waals surface area contributed by atoms with E-state index in [1.54, 1.807) is 4.72 Å². The predicted molar refractivity (Wildman–Crippen MR) is 71.3 cm³/mol. The van der Waals surface area contributed by atoms with Crippen molar-refractivity contribution < 1.29 is 28.3 Å². The zero-order valence-corrected chi connectivity index (χ0v) is 12.0. The van der Waals surface area contributed by atoms with Crippen molar-refractivity contribution in [2.75, 3.05) is 0 Å². The summed E-state index contributed by atoms with van der Waals surface area (Å²) in [4.78, 5) is 20.5. The maximum Gasteiger partial charge on any atom is 0.324 e. The maximum atomic E-state index is 12.0. The number of nitro groups is 1. The van der Waals surface area contributed by atoms with E-state index in [2.05, 4.69) is 0 Å². The first-order chi connectivity index (χ1) is 9.56. The molecule has 0 saturated heterocycles. The van der Waals surface area contributed by atoms with E-state index in [0.717, 1.165) is 19.1 Å². The third-order valence-electron chi connectivity index (χ3n) is 2.72. The van der Waals surface area contributed by atoms with Gasteiger partial charge in [0.1, 0.15) is 6.04 Å². The SMILES string of the molecule is Cc1ccc(S(=O)(=O)N[C@H](C(=O)O)[C@@H](C)O)cc1[N+](=O)[O-]. The van der Waals surface area contributed by atoms with Gasteiger partial charge in [-0.3, -0.25) is 14.9 Å². The molecule has 9 nitrogen and oxygen atoms in total. The molecule has 2 atom stereocenters. The molecule has 21 heavy (non-hydrogen) atoms. The molecular weight excluding hydrogens is 304 g/mol. The highest BCUT2D eigenvalue weighted by atomic mass is 32.2. The second-order valence-corrected chi connectivity index (χ2v) is 6.10. The minimum Gasteiger partial charge on any atom is -0.480 e. The van der Waals surface area contributed by atoms with Gasteiger partial charge in [-0.2, -0.15) is 4.72 Å². The van der Waals surface area contributed by atoms with Crippen LogP contribution in [-0.2, 0) is 14.8 Å². The number of nitro benzene ring substituents is 1. The molecule has 0 aliphatic rings. The van der Waals surface area contributed by atoms with Crippen LogP contribution in [0.2, 0.25) is 0 Å². The Labute approximate surface area is 120 Å². The second-order valence-electron chi connectivity index (χ2n) is 4.38.